The number of nitrogens with two attached hydrogens (primary N) is 1. The van der Waals surface area contributed by atoms with E-state index in [2.05, 4.69) is 0 Å². The van der Waals surface area contributed by atoms with Gasteiger partial charge in [0.25, 0.3) is 0 Å². The number of benzene rings is 2. The molecule has 0 bridgehead atoms. The molecule has 3 nitrogen and oxygen atoms in total. The van der Waals surface area contributed by atoms with E-state index in [1.54, 1.807) is 12.1 Å². The summed E-state index contributed by atoms with van der Waals surface area (Å²) >= 11 is 0. The largest absolute Gasteiger partial charge is 0.398 e. The van der Waals surface area contributed by atoms with Crippen molar-refractivity contribution in [1.82, 2.24) is 0 Å². The van der Waals surface area contributed by atoms with Crippen LogP contribution in [0.25, 0.3) is 10.8 Å². The second-order valence-corrected chi connectivity index (χ2v) is 4.07. The van der Waals surface area contributed by atoms with Gasteiger partial charge in [-0.3, -0.25) is 0 Å². The van der Waals surface area contributed by atoms with Crippen LogP contribution < -0.4 is 11.0 Å². The molecule has 72 valence electrons. The van der Waals surface area contributed by atoms with Gasteiger partial charge in [-0.15, -0.1) is 0 Å². The first-order valence-corrected chi connectivity index (χ1v) is 5.40. The maximum absolute atomic E-state index is 9.19. The summed E-state index contributed by atoms with van der Waals surface area (Å²) in [6.45, 7) is 0. The highest BCUT2D eigenvalue weighted by Gasteiger charge is 2.09. The standard InChI is InChI=1S/C10H10NO2P/c11-9-5-6-10(14(12)13)8-4-2-1-3-7(8)9/h1-6,12-13H,11H2. The molecule has 0 radical (unpaired) electrons. The van der Waals surface area contributed by atoms with E-state index < -0.39 is 8.38 Å². The van der Waals surface area contributed by atoms with Gasteiger partial charge >= 0.3 is 0 Å². The Kier molecular flexibility index (Phi) is 2.38. The fourth-order valence-corrected chi connectivity index (χ4v) is 2.10. The fourth-order valence-electron chi connectivity index (χ4n) is 1.48. The van der Waals surface area contributed by atoms with Crippen molar-refractivity contribution in [3.05, 3.63) is 36.4 Å². The van der Waals surface area contributed by atoms with Crippen molar-refractivity contribution in [2.45, 2.75) is 0 Å². The third kappa shape index (κ3) is 1.46. The molecule has 4 N–H and O–H groups in total. The summed E-state index contributed by atoms with van der Waals surface area (Å²) < 4.78 is 0. The van der Waals surface area contributed by atoms with Crippen molar-refractivity contribution in [3.8, 4) is 0 Å². The summed E-state index contributed by atoms with van der Waals surface area (Å²) in [5.41, 5.74) is 6.42. The summed E-state index contributed by atoms with van der Waals surface area (Å²) in [4.78, 5) is 18.4. The van der Waals surface area contributed by atoms with Crippen LogP contribution in [-0.2, 0) is 0 Å². The number of fused-ring (bicyclic) bond motifs is 1. The fraction of sp³-hybridized carbons (Fsp3) is 0. The number of rotatable bonds is 1. The molecule has 4 heteroatoms. The molecule has 0 spiro atoms. The van der Waals surface area contributed by atoms with E-state index >= 15 is 0 Å². The predicted molar refractivity (Wildman–Crippen MR) is 59.4 cm³/mol. The Labute approximate surface area is 82.7 Å². The third-order valence-corrected chi connectivity index (χ3v) is 2.97. The normalized spacial score (nSPS) is 11.1. The zero-order valence-corrected chi connectivity index (χ0v) is 8.28. The lowest BCUT2D eigenvalue weighted by atomic mass is 10.1. The zero-order valence-electron chi connectivity index (χ0n) is 7.38. The lowest BCUT2D eigenvalue weighted by Gasteiger charge is -2.08. The minimum Gasteiger partial charge on any atom is -0.398 e. The van der Waals surface area contributed by atoms with Gasteiger partial charge in [0.15, 0.2) is 8.38 Å². The molecule has 0 saturated heterocycles. The van der Waals surface area contributed by atoms with Gasteiger partial charge in [-0.05, 0) is 17.5 Å². The van der Waals surface area contributed by atoms with Gasteiger partial charge in [-0.2, -0.15) is 0 Å². The molecule has 0 aliphatic heterocycles. The van der Waals surface area contributed by atoms with E-state index in [4.69, 9.17) is 5.73 Å². The van der Waals surface area contributed by atoms with Crippen LogP contribution in [0.2, 0.25) is 0 Å². The van der Waals surface area contributed by atoms with E-state index in [0.717, 1.165) is 10.8 Å². The van der Waals surface area contributed by atoms with Crippen LogP contribution in [0.5, 0.6) is 0 Å². The Balaban J connectivity index is 2.82. The summed E-state index contributed by atoms with van der Waals surface area (Å²) in [7, 11) is -2.06. The van der Waals surface area contributed by atoms with Gasteiger partial charge in [-0.1, -0.05) is 24.3 Å². The van der Waals surface area contributed by atoms with Gasteiger partial charge in [0.2, 0.25) is 0 Å². The number of hydrogen-bond acceptors (Lipinski definition) is 3. The summed E-state index contributed by atoms with van der Waals surface area (Å²) in [5.74, 6) is 0. The van der Waals surface area contributed by atoms with Gasteiger partial charge < -0.3 is 15.5 Å². The predicted octanol–water partition coefficient (Wildman–Crippen LogP) is 1.34. The molecule has 0 atom stereocenters. The van der Waals surface area contributed by atoms with Crippen LogP contribution in [-0.4, -0.2) is 9.79 Å². The molecule has 2 rings (SSSR count). The highest BCUT2D eigenvalue weighted by Crippen LogP contribution is 2.29. The molecule has 0 unspecified atom stereocenters. The minimum absolute atomic E-state index is 0.546. The Morgan fingerprint density at radius 1 is 0.929 bits per heavy atom. The number of anilines is 1. The van der Waals surface area contributed by atoms with Gasteiger partial charge in [0.05, 0.1) is 0 Å². The van der Waals surface area contributed by atoms with E-state index in [1.807, 2.05) is 24.3 Å². The van der Waals surface area contributed by atoms with E-state index in [0.29, 0.717) is 11.0 Å². The topological polar surface area (TPSA) is 66.5 Å². The molecule has 0 aliphatic rings. The lowest BCUT2D eigenvalue weighted by molar-refractivity contribution is 0.497. The molecule has 0 aliphatic carbocycles. The van der Waals surface area contributed by atoms with Crippen molar-refractivity contribution in [3.63, 3.8) is 0 Å². The van der Waals surface area contributed by atoms with Gasteiger partial charge in [-0.25, -0.2) is 0 Å². The summed E-state index contributed by atoms with van der Waals surface area (Å²) in [6.07, 6.45) is 0. The molecule has 0 fully saturated rings. The second kappa shape index (κ2) is 3.54. The maximum Gasteiger partial charge on any atom is 0.200 e. The minimum atomic E-state index is -2.06. The Hall–Kier alpha value is -1.15. The molecular weight excluding hydrogens is 197 g/mol. The number of nitrogen functional groups attached to an aromatic ring is 1. The lowest BCUT2D eigenvalue weighted by Crippen LogP contribution is -2.03. The highest BCUT2D eigenvalue weighted by molar-refractivity contribution is 7.54. The van der Waals surface area contributed by atoms with Crippen LogP contribution in [0.1, 0.15) is 0 Å². The van der Waals surface area contributed by atoms with Crippen molar-refractivity contribution in [1.29, 1.82) is 0 Å². The van der Waals surface area contributed by atoms with E-state index in [1.165, 1.54) is 0 Å². The van der Waals surface area contributed by atoms with Crippen molar-refractivity contribution < 1.29 is 9.79 Å². The Morgan fingerprint density at radius 2 is 1.57 bits per heavy atom. The van der Waals surface area contributed by atoms with Crippen LogP contribution in [0, 0.1) is 0 Å². The van der Waals surface area contributed by atoms with Gasteiger partial charge in [0, 0.05) is 16.4 Å². The molecule has 0 amide bonds. The molecule has 0 heterocycles. The SMILES string of the molecule is Nc1ccc(P(O)O)c2ccccc12. The van der Waals surface area contributed by atoms with Gasteiger partial charge in [0.1, 0.15) is 0 Å². The second-order valence-electron chi connectivity index (χ2n) is 3.01. The Morgan fingerprint density at radius 3 is 2.21 bits per heavy atom. The van der Waals surface area contributed by atoms with Crippen molar-refractivity contribution in [2.24, 2.45) is 0 Å². The first kappa shape index (κ1) is 9.41. The molecule has 2 aromatic carbocycles. The monoisotopic (exact) mass is 207 g/mol. The molecule has 0 saturated carbocycles. The van der Waals surface area contributed by atoms with Crippen LogP contribution >= 0.6 is 8.38 Å². The van der Waals surface area contributed by atoms with Crippen LogP contribution in [0.15, 0.2) is 36.4 Å². The number of hydrogen-bond donors (Lipinski definition) is 3. The highest BCUT2D eigenvalue weighted by atomic mass is 31.2. The van der Waals surface area contributed by atoms with Crippen LogP contribution in [0.4, 0.5) is 5.69 Å². The Bertz CT molecular complexity index is 471. The first-order chi connectivity index (χ1) is 6.70. The molecule has 14 heavy (non-hydrogen) atoms. The quantitative estimate of drug-likeness (QED) is 0.488. The van der Waals surface area contributed by atoms with E-state index in [9.17, 15) is 9.79 Å². The van der Waals surface area contributed by atoms with E-state index in [-0.39, 0.29) is 0 Å². The summed E-state index contributed by atoms with van der Waals surface area (Å²) in [6, 6.07) is 10.8. The third-order valence-electron chi connectivity index (χ3n) is 2.15. The molecule has 0 aromatic heterocycles. The average Bonchev–Trinajstić information content (AvgIpc) is 2.18. The summed E-state index contributed by atoms with van der Waals surface area (Å²) in [5, 5.41) is 2.22. The first-order valence-electron chi connectivity index (χ1n) is 4.15. The molecule has 2 aromatic rings. The van der Waals surface area contributed by atoms with Crippen LogP contribution in [0.3, 0.4) is 0 Å². The van der Waals surface area contributed by atoms with Crippen molar-refractivity contribution in [2.75, 3.05) is 5.73 Å². The van der Waals surface area contributed by atoms with Crippen molar-refractivity contribution >= 4 is 30.1 Å². The average molecular weight is 207 g/mol. The molecular formula is C10H10NO2P. The maximum atomic E-state index is 9.19. The smallest absolute Gasteiger partial charge is 0.200 e. The zero-order chi connectivity index (χ0) is 10.1.